The number of benzene rings is 1. The van der Waals surface area contributed by atoms with Gasteiger partial charge in [0.2, 0.25) is 11.7 Å². The molecule has 1 aromatic heterocycles. The second-order valence-electron chi connectivity index (χ2n) is 4.01. The molecule has 0 amide bonds. The van der Waals surface area contributed by atoms with Crippen LogP contribution in [0, 0.1) is 5.82 Å². The van der Waals surface area contributed by atoms with Gasteiger partial charge < -0.3 is 24.5 Å². The molecule has 1 aliphatic rings. The highest BCUT2D eigenvalue weighted by atomic mass is 19.1. The standard InChI is InChI=1S/C12H12FN3O4/c1-17-6-4-7-11(19-3-2-18-7)9(10(6)13)12-15-8(5-14)20-16-12/h4H,2-3,5,14H2,1H3. The van der Waals surface area contributed by atoms with Crippen LogP contribution in [-0.2, 0) is 6.54 Å². The minimum Gasteiger partial charge on any atom is -0.494 e. The molecule has 1 aliphatic heterocycles. The third kappa shape index (κ3) is 1.94. The van der Waals surface area contributed by atoms with E-state index in [9.17, 15) is 4.39 Å². The zero-order valence-electron chi connectivity index (χ0n) is 10.7. The van der Waals surface area contributed by atoms with Crippen molar-refractivity contribution in [3.63, 3.8) is 0 Å². The minimum atomic E-state index is -0.638. The van der Waals surface area contributed by atoms with Crippen molar-refractivity contribution >= 4 is 0 Å². The van der Waals surface area contributed by atoms with Crippen LogP contribution in [0.25, 0.3) is 11.4 Å². The molecule has 0 radical (unpaired) electrons. The molecule has 0 bridgehead atoms. The maximum atomic E-state index is 14.4. The molecule has 0 saturated carbocycles. The summed E-state index contributed by atoms with van der Waals surface area (Å²) in [5.74, 6) is 0.239. The summed E-state index contributed by atoms with van der Waals surface area (Å²) in [6.45, 7) is 0.757. The Morgan fingerprint density at radius 1 is 1.40 bits per heavy atom. The van der Waals surface area contributed by atoms with Crippen molar-refractivity contribution in [1.82, 2.24) is 10.1 Å². The number of aromatic nitrogens is 2. The van der Waals surface area contributed by atoms with Crippen LogP contribution >= 0.6 is 0 Å². The SMILES string of the molecule is COc1cc2c(c(-c3noc(CN)n3)c1F)OCCO2. The molecule has 2 heterocycles. The smallest absolute Gasteiger partial charge is 0.240 e. The van der Waals surface area contributed by atoms with Crippen molar-refractivity contribution in [3.05, 3.63) is 17.8 Å². The lowest BCUT2D eigenvalue weighted by molar-refractivity contribution is 0.170. The molecule has 8 heteroatoms. The van der Waals surface area contributed by atoms with E-state index in [1.165, 1.54) is 13.2 Å². The van der Waals surface area contributed by atoms with Gasteiger partial charge in [0.25, 0.3) is 0 Å². The number of hydrogen-bond acceptors (Lipinski definition) is 7. The molecule has 20 heavy (non-hydrogen) atoms. The Morgan fingerprint density at radius 2 is 2.20 bits per heavy atom. The molecule has 0 saturated heterocycles. The molecule has 0 unspecified atom stereocenters. The van der Waals surface area contributed by atoms with Gasteiger partial charge in [0.1, 0.15) is 18.8 Å². The van der Waals surface area contributed by atoms with E-state index in [1.807, 2.05) is 0 Å². The van der Waals surface area contributed by atoms with Crippen molar-refractivity contribution < 1.29 is 23.1 Å². The first-order valence-electron chi connectivity index (χ1n) is 5.93. The number of hydrogen-bond donors (Lipinski definition) is 1. The first kappa shape index (κ1) is 12.7. The van der Waals surface area contributed by atoms with Crippen LogP contribution in [0.1, 0.15) is 5.89 Å². The molecule has 1 aromatic carbocycles. The maximum absolute atomic E-state index is 14.4. The number of methoxy groups -OCH3 is 1. The van der Waals surface area contributed by atoms with Gasteiger partial charge in [-0.25, -0.2) is 4.39 Å². The third-order valence-electron chi connectivity index (χ3n) is 2.82. The van der Waals surface area contributed by atoms with E-state index in [4.69, 9.17) is 24.5 Å². The Labute approximate surface area is 113 Å². The van der Waals surface area contributed by atoms with Crippen LogP contribution in [0.5, 0.6) is 17.2 Å². The summed E-state index contributed by atoms with van der Waals surface area (Å²) in [6.07, 6.45) is 0. The molecule has 7 nitrogen and oxygen atoms in total. The Hall–Kier alpha value is -2.35. The van der Waals surface area contributed by atoms with Crippen LogP contribution in [-0.4, -0.2) is 30.5 Å². The number of halogens is 1. The Kier molecular flexibility index (Phi) is 3.15. The number of ether oxygens (including phenoxy) is 3. The quantitative estimate of drug-likeness (QED) is 0.900. The first-order valence-corrected chi connectivity index (χ1v) is 5.93. The summed E-state index contributed by atoms with van der Waals surface area (Å²) in [4.78, 5) is 4.01. The summed E-state index contributed by atoms with van der Waals surface area (Å²) in [6, 6.07) is 1.43. The van der Waals surface area contributed by atoms with Crippen molar-refractivity contribution in [3.8, 4) is 28.6 Å². The lowest BCUT2D eigenvalue weighted by Crippen LogP contribution is -2.17. The topological polar surface area (TPSA) is 92.6 Å². The van der Waals surface area contributed by atoms with Gasteiger partial charge in [-0.2, -0.15) is 4.98 Å². The largest absolute Gasteiger partial charge is 0.494 e. The Balaban J connectivity index is 2.21. The van der Waals surface area contributed by atoms with Gasteiger partial charge in [-0.15, -0.1) is 0 Å². The van der Waals surface area contributed by atoms with E-state index in [2.05, 4.69) is 10.1 Å². The van der Waals surface area contributed by atoms with Crippen LogP contribution in [0.4, 0.5) is 4.39 Å². The van der Waals surface area contributed by atoms with E-state index in [0.29, 0.717) is 19.0 Å². The van der Waals surface area contributed by atoms with Gasteiger partial charge in [0.05, 0.1) is 13.7 Å². The molecule has 2 aromatic rings. The number of rotatable bonds is 3. The van der Waals surface area contributed by atoms with Gasteiger partial charge in [-0.05, 0) is 0 Å². The average Bonchev–Trinajstić information content (AvgIpc) is 2.95. The molecule has 106 valence electrons. The number of nitrogens with two attached hydrogens (primary N) is 1. The van der Waals surface area contributed by atoms with Crippen molar-refractivity contribution in [2.45, 2.75) is 6.54 Å². The monoisotopic (exact) mass is 281 g/mol. The summed E-state index contributed by atoms with van der Waals surface area (Å²) >= 11 is 0. The number of fused-ring (bicyclic) bond motifs is 1. The summed E-state index contributed by atoms with van der Waals surface area (Å²) in [7, 11) is 1.36. The summed E-state index contributed by atoms with van der Waals surface area (Å²) in [5, 5.41) is 3.70. The Bertz CT molecular complexity index is 644. The second-order valence-corrected chi connectivity index (χ2v) is 4.01. The molecule has 0 fully saturated rings. The second kappa shape index (κ2) is 4.97. The lowest BCUT2D eigenvalue weighted by Gasteiger charge is -2.21. The zero-order valence-corrected chi connectivity index (χ0v) is 10.7. The maximum Gasteiger partial charge on any atom is 0.240 e. The zero-order chi connectivity index (χ0) is 14.1. The number of nitrogens with zero attached hydrogens (tertiary/aromatic N) is 2. The average molecular weight is 281 g/mol. The predicted molar refractivity (Wildman–Crippen MR) is 65.1 cm³/mol. The van der Waals surface area contributed by atoms with Crippen molar-refractivity contribution in [1.29, 1.82) is 0 Å². The molecule has 3 rings (SSSR count). The molecular formula is C12H12FN3O4. The summed E-state index contributed by atoms with van der Waals surface area (Å²) < 4.78 is 35.2. The van der Waals surface area contributed by atoms with Crippen molar-refractivity contribution in [2.75, 3.05) is 20.3 Å². The fraction of sp³-hybridized carbons (Fsp3) is 0.333. The van der Waals surface area contributed by atoms with E-state index in [-0.39, 0.29) is 35.3 Å². The van der Waals surface area contributed by atoms with E-state index in [0.717, 1.165) is 0 Å². The highest BCUT2D eigenvalue weighted by Crippen LogP contribution is 2.44. The third-order valence-corrected chi connectivity index (χ3v) is 2.82. The normalized spacial score (nSPS) is 13.3. The van der Waals surface area contributed by atoms with E-state index >= 15 is 0 Å². The van der Waals surface area contributed by atoms with Crippen LogP contribution in [0.15, 0.2) is 10.6 Å². The van der Waals surface area contributed by atoms with Gasteiger partial charge in [-0.3, -0.25) is 0 Å². The highest BCUT2D eigenvalue weighted by molar-refractivity contribution is 5.72. The van der Waals surface area contributed by atoms with Gasteiger partial charge >= 0.3 is 0 Å². The molecule has 2 N–H and O–H groups in total. The highest BCUT2D eigenvalue weighted by Gasteiger charge is 2.28. The fourth-order valence-corrected chi connectivity index (χ4v) is 1.93. The molecular weight excluding hydrogens is 269 g/mol. The molecule has 0 atom stereocenters. The minimum absolute atomic E-state index is 0.0170. The van der Waals surface area contributed by atoms with Crippen LogP contribution < -0.4 is 19.9 Å². The fourth-order valence-electron chi connectivity index (χ4n) is 1.93. The van der Waals surface area contributed by atoms with Crippen LogP contribution in [0.3, 0.4) is 0 Å². The van der Waals surface area contributed by atoms with E-state index in [1.54, 1.807) is 0 Å². The Morgan fingerprint density at radius 3 is 2.90 bits per heavy atom. The lowest BCUT2D eigenvalue weighted by atomic mass is 10.1. The van der Waals surface area contributed by atoms with Crippen LogP contribution in [0.2, 0.25) is 0 Å². The first-order chi connectivity index (χ1) is 9.74. The van der Waals surface area contributed by atoms with Gasteiger partial charge in [-0.1, -0.05) is 5.16 Å². The van der Waals surface area contributed by atoms with Crippen molar-refractivity contribution in [2.24, 2.45) is 5.73 Å². The molecule has 0 spiro atoms. The predicted octanol–water partition coefficient (Wildman–Crippen LogP) is 1.11. The summed E-state index contributed by atoms with van der Waals surface area (Å²) in [5.41, 5.74) is 5.45. The van der Waals surface area contributed by atoms with Gasteiger partial charge in [0.15, 0.2) is 23.1 Å². The van der Waals surface area contributed by atoms with Gasteiger partial charge in [0, 0.05) is 6.07 Å². The molecule has 0 aliphatic carbocycles. The van der Waals surface area contributed by atoms with E-state index < -0.39 is 5.82 Å².